The molecule has 0 rings (SSSR count). The quantitative estimate of drug-likeness (QED) is 0.485. The van der Waals surface area contributed by atoms with Gasteiger partial charge in [-0.3, -0.25) is 0 Å². The smallest absolute Gasteiger partial charge is 0.330 e. The first-order valence-corrected chi connectivity index (χ1v) is 5.02. The van der Waals surface area contributed by atoms with Crippen molar-refractivity contribution < 1.29 is 9.53 Å². The Hall–Kier alpha value is -0.790. The Labute approximate surface area is 81.0 Å². The van der Waals surface area contributed by atoms with Gasteiger partial charge in [0.2, 0.25) is 0 Å². The van der Waals surface area contributed by atoms with Gasteiger partial charge >= 0.3 is 5.97 Å². The minimum atomic E-state index is -0.209. The van der Waals surface area contributed by atoms with Crippen molar-refractivity contribution in [1.29, 1.82) is 0 Å². The third-order valence-electron chi connectivity index (χ3n) is 2.24. The standard InChI is InChI=1S/C11H20O2/c1-5-9(4)10(6-2)8-11(12)13-7-3/h8-9H,5-7H2,1-4H3. The zero-order valence-electron chi connectivity index (χ0n) is 9.09. The van der Waals surface area contributed by atoms with Gasteiger partial charge in [0.1, 0.15) is 0 Å². The highest BCUT2D eigenvalue weighted by Gasteiger charge is 2.06. The molecule has 0 aliphatic carbocycles. The topological polar surface area (TPSA) is 26.3 Å². The minimum Gasteiger partial charge on any atom is -0.463 e. The van der Waals surface area contributed by atoms with Gasteiger partial charge in [-0.15, -0.1) is 0 Å². The first-order chi connectivity index (χ1) is 6.15. The zero-order chi connectivity index (χ0) is 10.3. The molecule has 0 aliphatic heterocycles. The minimum absolute atomic E-state index is 0.209. The van der Waals surface area contributed by atoms with Gasteiger partial charge in [-0.05, 0) is 25.7 Å². The summed E-state index contributed by atoms with van der Waals surface area (Å²) in [6.07, 6.45) is 3.63. The predicted octanol–water partition coefficient (Wildman–Crippen LogP) is 2.93. The molecule has 0 heterocycles. The fraction of sp³-hybridized carbons (Fsp3) is 0.727. The van der Waals surface area contributed by atoms with E-state index in [1.54, 1.807) is 6.08 Å². The highest BCUT2D eigenvalue weighted by molar-refractivity contribution is 5.82. The maximum absolute atomic E-state index is 11.1. The normalized spacial score (nSPS) is 14.0. The number of allylic oxidation sites excluding steroid dienone is 1. The van der Waals surface area contributed by atoms with Gasteiger partial charge < -0.3 is 4.74 Å². The molecular weight excluding hydrogens is 164 g/mol. The Kier molecular flexibility index (Phi) is 6.29. The number of carbonyl (C=O) groups is 1. The first kappa shape index (κ1) is 12.2. The van der Waals surface area contributed by atoms with Crippen LogP contribution in [-0.4, -0.2) is 12.6 Å². The van der Waals surface area contributed by atoms with E-state index in [-0.39, 0.29) is 5.97 Å². The fourth-order valence-corrected chi connectivity index (χ4v) is 1.19. The van der Waals surface area contributed by atoms with Crippen molar-refractivity contribution >= 4 is 5.97 Å². The zero-order valence-corrected chi connectivity index (χ0v) is 9.09. The molecule has 0 aromatic carbocycles. The van der Waals surface area contributed by atoms with Gasteiger partial charge in [-0.1, -0.05) is 26.3 Å². The van der Waals surface area contributed by atoms with Crippen molar-refractivity contribution in [2.75, 3.05) is 6.61 Å². The van der Waals surface area contributed by atoms with E-state index in [4.69, 9.17) is 4.74 Å². The van der Waals surface area contributed by atoms with Crippen LogP contribution in [0, 0.1) is 5.92 Å². The van der Waals surface area contributed by atoms with Crippen LogP contribution in [0.25, 0.3) is 0 Å². The molecule has 13 heavy (non-hydrogen) atoms. The molecule has 1 atom stereocenters. The number of rotatable bonds is 5. The summed E-state index contributed by atoms with van der Waals surface area (Å²) in [5.41, 5.74) is 1.18. The van der Waals surface area contributed by atoms with E-state index in [1.807, 2.05) is 6.92 Å². The van der Waals surface area contributed by atoms with Gasteiger partial charge in [0.05, 0.1) is 6.61 Å². The van der Waals surface area contributed by atoms with Crippen LogP contribution in [0.2, 0.25) is 0 Å². The van der Waals surface area contributed by atoms with Gasteiger partial charge in [0, 0.05) is 6.08 Å². The number of carbonyl (C=O) groups excluding carboxylic acids is 1. The fourth-order valence-electron chi connectivity index (χ4n) is 1.19. The molecule has 2 nitrogen and oxygen atoms in total. The van der Waals surface area contributed by atoms with Crippen molar-refractivity contribution in [3.63, 3.8) is 0 Å². The number of esters is 1. The third kappa shape index (κ3) is 4.71. The van der Waals surface area contributed by atoms with Crippen LogP contribution in [-0.2, 0) is 9.53 Å². The lowest BCUT2D eigenvalue weighted by atomic mass is 9.96. The summed E-state index contributed by atoms with van der Waals surface area (Å²) in [6.45, 7) is 8.60. The second-order valence-electron chi connectivity index (χ2n) is 3.13. The summed E-state index contributed by atoms with van der Waals surface area (Å²) in [5, 5.41) is 0. The van der Waals surface area contributed by atoms with Crippen LogP contribution >= 0.6 is 0 Å². The van der Waals surface area contributed by atoms with Crippen LogP contribution in [0.4, 0.5) is 0 Å². The summed E-state index contributed by atoms with van der Waals surface area (Å²) in [7, 11) is 0. The lowest BCUT2D eigenvalue weighted by Gasteiger charge is -2.11. The molecule has 0 amide bonds. The summed E-state index contributed by atoms with van der Waals surface area (Å²) in [6, 6.07) is 0. The molecule has 0 fully saturated rings. The molecule has 76 valence electrons. The Morgan fingerprint density at radius 1 is 1.38 bits per heavy atom. The van der Waals surface area contributed by atoms with Crippen LogP contribution in [0.1, 0.15) is 40.5 Å². The summed E-state index contributed by atoms with van der Waals surface area (Å²) in [4.78, 5) is 11.1. The number of ether oxygens (including phenoxy) is 1. The molecule has 0 N–H and O–H groups in total. The molecule has 0 spiro atoms. The molecule has 0 aliphatic rings. The van der Waals surface area contributed by atoms with Crippen LogP contribution in [0.15, 0.2) is 11.6 Å². The van der Waals surface area contributed by atoms with Crippen molar-refractivity contribution in [3.8, 4) is 0 Å². The molecule has 0 aromatic heterocycles. The van der Waals surface area contributed by atoms with E-state index in [0.29, 0.717) is 12.5 Å². The third-order valence-corrected chi connectivity index (χ3v) is 2.24. The van der Waals surface area contributed by atoms with E-state index in [2.05, 4.69) is 20.8 Å². The second-order valence-corrected chi connectivity index (χ2v) is 3.13. The van der Waals surface area contributed by atoms with E-state index >= 15 is 0 Å². The molecule has 0 radical (unpaired) electrons. The van der Waals surface area contributed by atoms with E-state index in [1.165, 1.54) is 5.57 Å². The lowest BCUT2D eigenvalue weighted by molar-refractivity contribution is -0.137. The van der Waals surface area contributed by atoms with Crippen LogP contribution < -0.4 is 0 Å². The molecule has 0 aromatic rings. The summed E-state index contributed by atoms with van der Waals surface area (Å²) in [5.74, 6) is 0.272. The van der Waals surface area contributed by atoms with Crippen molar-refractivity contribution in [2.24, 2.45) is 5.92 Å². The highest BCUT2D eigenvalue weighted by atomic mass is 16.5. The maximum Gasteiger partial charge on any atom is 0.330 e. The first-order valence-electron chi connectivity index (χ1n) is 5.02. The Morgan fingerprint density at radius 2 is 2.00 bits per heavy atom. The molecular formula is C11H20O2. The average molecular weight is 184 g/mol. The van der Waals surface area contributed by atoms with Gasteiger partial charge in [0.15, 0.2) is 0 Å². The predicted molar refractivity (Wildman–Crippen MR) is 54.5 cm³/mol. The molecule has 1 unspecified atom stereocenters. The number of hydrogen-bond donors (Lipinski definition) is 0. The van der Waals surface area contributed by atoms with Crippen molar-refractivity contribution in [1.82, 2.24) is 0 Å². The summed E-state index contributed by atoms with van der Waals surface area (Å²) >= 11 is 0. The monoisotopic (exact) mass is 184 g/mol. The summed E-state index contributed by atoms with van der Waals surface area (Å²) < 4.78 is 4.85. The van der Waals surface area contributed by atoms with Crippen molar-refractivity contribution in [3.05, 3.63) is 11.6 Å². The average Bonchev–Trinajstić information content (AvgIpc) is 2.13. The van der Waals surface area contributed by atoms with Crippen molar-refractivity contribution in [2.45, 2.75) is 40.5 Å². The Balaban J connectivity index is 4.28. The molecule has 2 heteroatoms. The van der Waals surface area contributed by atoms with Gasteiger partial charge in [-0.25, -0.2) is 4.79 Å². The van der Waals surface area contributed by atoms with E-state index in [0.717, 1.165) is 12.8 Å². The largest absolute Gasteiger partial charge is 0.463 e. The second kappa shape index (κ2) is 6.70. The van der Waals surface area contributed by atoms with Gasteiger partial charge in [0.25, 0.3) is 0 Å². The van der Waals surface area contributed by atoms with Gasteiger partial charge in [-0.2, -0.15) is 0 Å². The Morgan fingerprint density at radius 3 is 2.38 bits per heavy atom. The number of hydrogen-bond acceptors (Lipinski definition) is 2. The maximum atomic E-state index is 11.1. The molecule has 0 saturated carbocycles. The lowest BCUT2D eigenvalue weighted by Crippen LogP contribution is -2.04. The highest BCUT2D eigenvalue weighted by Crippen LogP contribution is 2.17. The Bertz CT molecular complexity index is 183. The molecule has 0 bridgehead atoms. The molecule has 0 saturated heterocycles. The van der Waals surface area contributed by atoms with E-state index < -0.39 is 0 Å². The van der Waals surface area contributed by atoms with Crippen LogP contribution in [0.5, 0.6) is 0 Å². The SMILES string of the molecule is CCOC(=O)C=C(CC)C(C)CC. The van der Waals surface area contributed by atoms with E-state index in [9.17, 15) is 4.79 Å². The van der Waals surface area contributed by atoms with Crippen LogP contribution in [0.3, 0.4) is 0 Å².